The van der Waals surface area contributed by atoms with Crippen LogP contribution >= 0.6 is 0 Å². The van der Waals surface area contributed by atoms with Gasteiger partial charge in [-0.2, -0.15) is 0 Å². The topological polar surface area (TPSA) is 89.3 Å². The number of nitro benzene ring substituents is 1. The number of nitro groups is 1. The highest BCUT2D eigenvalue weighted by molar-refractivity contribution is 7.91. The summed E-state index contributed by atoms with van der Waals surface area (Å²) in [5.41, 5.74) is -0.106. The Bertz CT molecular complexity index is 536. The molecule has 0 saturated heterocycles. The Balaban J connectivity index is 2.66. The van der Waals surface area contributed by atoms with Crippen LogP contribution in [0.3, 0.4) is 0 Å². The lowest BCUT2D eigenvalue weighted by Crippen LogP contribution is -2.24. The number of rotatable bonds is 8. The van der Waals surface area contributed by atoms with Gasteiger partial charge in [-0.1, -0.05) is 6.92 Å². The molecule has 0 aliphatic heterocycles. The zero-order valence-electron chi connectivity index (χ0n) is 11.7. The van der Waals surface area contributed by atoms with Crippen molar-refractivity contribution in [2.75, 3.05) is 12.8 Å². The van der Waals surface area contributed by atoms with E-state index in [1.807, 2.05) is 14.0 Å². The summed E-state index contributed by atoms with van der Waals surface area (Å²) in [5, 5.41) is 13.7. The molecule has 0 bridgehead atoms. The van der Waals surface area contributed by atoms with Crippen LogP contribution in [-0.4, -0.2) is 32.2 Å². The predicted molar refractivity (Wildman–Crippen MR) is 77.5 cm³/mol. The monoisotopic (exact) mass is 300 g/mol. The van der Waals surface area contributed by atoms with Crippen molar-refractivity contribution in [1.29, 1.82) is 0 Å². The molecule has 1 aromatic rings. The molecule has 0 fully saturated rings. The fourth-order valence-electron chi connectivity index (χ4n) is 1.97. The van der Waals surface area contributed by atoms with Gasteiger partial charge in [-0.25, -0.2) is 8.42 Å². The van der Waals surface area contributed by atoms with Crippen LogP contribution in [0.5, 0.6) is 0 Å². The van der Waals surface area contributed by atoms with Gasteiger partial charge >= 0.3 is 0 Å². The first-order valence-corrected chi connectivity index (χ1v) is 8.20. The maximum absolute atomic E-state index is 12.1. The molecule has 0 radical (unpaired) electrons. The first-order chi connectivity index (χ1) is 9.40. The van der Waals surface area contributed by atoms with E-state index in [0.29, 0.717) is 12.5 Å². The summed E-state index contributed by atoms with van der Waals surface area (Å²) in [6, 6.07) is 5.35. The summed E-state index contributed by atoms with van der Waals surface area (Å²) in [4.78, 5) is 10.1. The van der Waals surface area contributed by atoms with E-state index in [-0.39, 0.29) is 16.3 Å². The normalized spacial score (nSPS) is 13.1. The van der Waals surface area contributed by atoms with Crippen LogP contribution in [0.25, 0.3) is 0 Å². The lowest BCUT2D eigenvalue weighted by Gasteiger charge is -2.13. The fourth-order valence-corrected chi connectivity index (χ4v) is 3.30. The maximum atomic E-state index is 12.1. The molecule has 7 heteroatoms. The molecule has 0 aliphatic rings. The smallest absolute Gasteiger partial charge is 0.269 e. The van der Waals surface area contributed by atoms with Gasteiger partial charge in [0.1, 0.15) is 0 Å². The number of nitrogens with zero attached hydrogens (tertiary/aromatic N) is 1. The van der Waals surface area contributed by atoms with Crippen LogP contribution in [0.2, 0.25) is 0 Å². The molecule has 6 nitrogen and oxygen atoms in total. The quantitative estimate of drug-likeness (QED) is 0.587. The molecule has 0 spiro atoms. The van der Waals surface area contributed by atoms with Crippen LogP contribution < -0.4 is 5.32 Å². The lowest BCUT2D eigenvalue weighted by molar-refractivity contribution is -0.384. The minimum atomic E-state index is -3.37. The average molecular weight is 300 g/mol. The van der Waals surface area contributed by atoms with Gasteiger partial charge in [0.25, 0.3) is 5.69 Å². The van der Waals surface area contributed by atoms with Crippen LogP contribution in [-0.2, 0) is 9.84 Å². The second-order valence-corrected chi connectivity index (χ2v) is 6.72. The molecule has 1 rings (SSSR count). The molecule has 0 heterocycles. The van der Waals surface area contributed by atoms with E-state index in [0.717, 1.165) is 12.8 Å². The highest BCUT2D eigenvalue weighted by Crippen LogP contribution is 2.18. The van der Waals surface area contributed by atoms with Crippen LogP contribution in [0.15, 0.2) is 29.2 Å². The molecular weight excluding hydrogens is 280 g/mol. The van der Waals surface area contributed by atoms with E-state index in [4.69, 9.17) is 0 Å². The van der Waals surface area contributed by atoms with Crippen molar-refractivity contribution >= 4 is 15.5 Å². The Kier molecular flexibility index (Phi) is 6.09. The first-order valence-electron chi connectivity index (χ1n) is 6.55. The van der Waals surface area contributed by atoms with Gasteiger partial charge in [0.05, 0.1) is 15.6 Å². The molecule has 1 N–H and O–H groups in total. The van der Waals surface area contributed by atoms with E-state index in [9.17, 15) is 18.5 Å². The zero-order valence-corrected chi connectivity index (χ0v) is 12.5. The highest BCUT2D eigenvalue weighted by atomic mass is 32.2. The van der Waals surface area contributed by atoms with E-state index in [1.54, 1.807) is 0 Å². The van der Waals surface area contributed by atoms with Gasteiger partial charge in [0.15, 0.2) is 9.84 Å². The average Bonchev–Trinajstić information content (AvgIpc) is 2.43. The standard InChI is InChI=1S/C13H20N2O4S/c1-3-11(14-2)5-4-10-20(18,19)13-8-6-12(7-9-13)15(16)17/h6-9,11,14H,3-5,10H2,1-2H3. The summed E-state index contributed by atoms with van der Waals surface area (Å²) in [6.45, 7) is 2.05. The molecule has 0 aliphatic carbocycles. The maximum Gasteiger partial charge on any atom is 0.269 e. The molecule has 1 aromatic carbocycles. The zero-order chi connectivity index (χ0) is 15.2. The fraction of sp³-hybridized carbons (Fsp3) is 0.538. The van der Waals surface area contributed by atoms with Crippen molar-refractivity contribution in [1.82, 2.24) is 5.32 Å². The Morgan fingerprint density at radius 3 is 2.35 bits per heavy atom. The number of nitrogens with one attached hydrogen (secondary N) is 1. The second kappa shape index (κ2) is 7.35. The summed E-state index contributed by atoms with van der Waals surface area (Å²) in [6.07, 6.45) is 2.31. The third kappa shape index (κ3) is 4.57. The van der Waals surface area contributed by atoms with Crippen LogP contribution in [0, 0.1) is 10.1 Å². The van der Waals surface area contributed by atoms with Crippen molar-refractivity contribution in [2.24, 2.45) is 0 Å². The second-order valence-electron chi connectivity index (χ2n) is 4.61. The molecule has 20 heavy (non-hydrogen) atoms. The van der Waals surface area contributed by atoms with E-state index >= 15 is 0 Å². The number of non-ortho nitro benzene ring substituents is 1. The Morgan fingerprint density at radius 1 is 1.30 bits per heavy atom. The van der Waals surface area contributed by atoms with Crippen molar-refractivity contribution in [3.63, 3.8) is 0 Å². The van der Waals surface area contributed by atoms with Gasteiger partial charge in [-0.3, -0.25) is 10.1 Å². The van der Waals surface area contributed by atoms with Crippen molar-refractivity contribution in [3.8, 4) is 0 Å². The highest BCUT2D eigenvalue weighted by Gasteiger charge is 2.16. The summed E-state index contributed by atoms with van der Waals surface area (Å²) >= 11 is 0. The number of hydrogen-bond acceptors (Lipinski definition) is 5. The van der Waals surface area contributed by atoms with Gasteiger partial charge in [0, 0.05) is 18.2 Å². The van der Waals surface area contributed by atoms with Crippen LogP contribution in [0.1, 0.15) is 26.2 Å². The van der Waals surface area contributed by atoms with Gasteiger partial charge < -0.3 is 5.32 Å². The minimum Gasteiger partial charge on any atom is -0.317 e. The Labute approximate surface area is 119 Å². The van der Waals surface area contributed by atoms with Gasteiger partial charge in [-0.15, -0.1) is 0 Å². The first kappa shape index (κ1) is 16.6. The Morgan fingerprint density at radius 2 is 1.90 bits per heavy atom. The molecule has 112 valence electrons. The van der Waals surface area contributed by atoms with E-state index < -0.39 is 14.8 Å². The summed E-state index contributed by atoms with van der Waals surface area (Å²) in [5.74, 6) is 0.0585. The Hall–Kier alpha value is -1.47. The van der Waals surface area contributed by atoms with Crippen molar-refractivity contribution < 1.29 is 13.3 Å². The predicted octanol–water partition coefficient (Wildman–Crippen LogP) is 2.15. The third-order valence-electron chi connectivity index (χ3n) is 3.27. The SMILES string of the molecule is CCC(CCCS(=O)(=O)c1ccc([N+](=O)[O-])cc1)NC. The van der Waals surface area contributed by atoms with Crippen molar-refractivity contribution in [3.05, 3.63) is 34.4 Å². The molecule has 0 amide bonds. The van der Waals surface area contributed by atoms with Crippen LogP contribution in [0.4, 0.5) is 5.69 Å². The molecule has 1 unspecified atom stereocenters. The number of benzene rings is 1. The number of hydrogen-bond donors (Lipinski definition) is 1. The number of sulfone groups is 1. The van der Waals surface area contributed by atoms with E-state index in [2.05, 4.69) is 5.32 Å². The summed E-state index contributed by atoms with van der Waals surface area (Å²) in [7, 11) is -1.51. The van der Waals surface area contributed by atoms with Gasteiger partial charge in [0.2, 0.25) is 0 Å². The molecule has 0 saturated carbocycles. The molecule has 0 aromatic heterocycles. The van der Waals surface area contributed by atoms with Gasteiger partial charge in [-0.05, 0) is 38.4 Å². The lowest BCUT2D eigenvalue weighted by atomic mass is 10.1. The largest absolute Gasteiger partial charge is 0.317 e. The third-order valence-corrected chi connectivity index (χ3v) is 5.09. The minimum absolute atomic E-state index is 0.0585. The summed E-state index contributed by atoms with van der Waals surface area (Å²) < 4.78 is 24.2. The van der Waals surface area contributed by atoms with E-state index in [1.165, 1.54) is 24.3 Å². The van der Waals surface area contributed by atoms with Crippen molar-refractivity contribution in [2.45, 2.75) is 37.1 Å². The molecule has 1 atom stereocenters. The molecular formula is C13H20N2O4S.